The number of esters is 1. The molecule has 0 saturated heterocycles. The lowest BCUT2D eigenvalue weighted by Crippen LogP contribution is -2.33. The lowest BCUT2D eigenvalue weighted by Gasteiger charge is -2.26. The topological polar surface area (TPSA) is 99.6 Å². The minimum absolute atomic E-state index is 0.0992. The summed E-state index contributed by atoms with van der Waals surface area (Å²) < 4.78 is 29.1. The summed E-state index contributed by atoms with van der Waals surface area (Å²) in [6.07, 6.45) is 2.05. The Balaban J connectivity index is 2.05. The van der Waals surface area contributed by atoms with Crippen molar-refractivity contribution in [3.8, 4) is 11.3 Å². The van der Waals surface area contributed by atoms with Crippen molar-refractivity contribution in [2.45, 2.75) is 26.1 Å². The zero-order valence-corrected chi connectivity index (χ0v) is 19.8. The standard InChI is InChI=1S/C24H28N3O5P/c1-4-31-33(29,32-5-2)23(24(28)30-3)27-22-20(16-18-12-8-6-9-13-18)26-21(17-25-22)19-14-10-7-11-15-19/h6-15,17,23H,4-5,16H2,1-3H3,(H,25,27). The molecule has 0 fully saturated rings. The van der Waals surface area contributed by atoms with Gasteiger partial charge < -0.3 is 19.1 Å². The van der Waals surface area contributed by atoms with Crippen LogP contribution in [0.3, 0.4) is 0 Å². The molecule has 0 amide bonds. The Bertz CT molecular complexity index is 1090. The Labute approximate surface area is 193 Å². The fourth-order valence-electron chi connectivity index (χ4n) is 3.26. The highest BCUT2D eigenvalue weighted by Crippen LogP contribution is 2.53. The fourth-order valence-corrected chi connectivity index (χ4v) is 5.00. The molecule has 0 radical (unpaired) electrons. The summed E-state index contributed by atoms with van der Waals surface area (Å²) in [6, 6.07) is 19.4. The highest BCUT2D eigenvalue weighted by molar-refractivity contribution is 7.55. The van der Waals surface area contributed by atoms with Gasteiger partial charge in [0, 0.05) is 12.0 Å². The van der Waals surface area contributed by atoms with E-state index in [2.05, 4.69) is 10.3 Å². The third-order valence-electron chi connectivity index (χ3n) is 4.76. The van der Waals surface area contributed by atoms with Gasteiger partial charge in [-0.1, -0.05) is 60.7 Å². The predicted octanol–water partition coefficient (Wildman–Crippen LogP) is 4.91. The summed E-state index contributed by atoms with van der Waals surface area (Å²) in [5, 5.41) is 2.95. The Hall–Kier alpha value is -3.06. The van der Waals surface area contributed by atoms with Crippen molar-refractivity contribution in [2.75, 3.05) is 25.6 Å². The van der Waals surface area contributed by atoms with Gasteiger partial charge >= 0.3 is 13.6 Å². The minimum atomic E-state index is -3.89. The van der Waals surface area contributed by atoms with Crippen LogP contribution in [0.2, 0.25) is 0 Å². The van der Waals surface area contributed by atoms with E-state index in [1.54, 1.807) is 20.0 Å². The van der Waals surface area contributed by atoms with Crippen molar-refractivity contribution in [1.29, 1.82) is 0 Å². The monoisotopic (exact) mass is 469 g/mol. The Kier molecular flexibility index (Phi) is 8.72. The molecule has 3 aromatic rings. The smallest absolute Gasteiger partial charge is 0.364 e. The molecule has 0 aliphatic carbocycles. The summed E-state index contributed by atoms with van der Waals surface area (Å²) in [6.45, 7) is 3.55. The molecule has 0 aliphatic heterocycles. The summed E-state index contributed by atoms with van der Waals surface area (Å²) in [5.41, 5.74) is 3.17. The highest BCUT2D eigenvalue weighted by Gasteiger charge is 2.43. The first-order chi connectivity index (χ1) is 16.0. The second-order valence-corrected chi connectivity index (χ2v) is 9.14. The number of ether oxygens (including phenoxy) is 1. The van der Waals surface area contributed by atoms with Crippen LogP contribution in [-0.2, 0) is 29.6 Å². The molecule has 33 heavy (non-hydrogen) atoms. The van der Waals surface area contributed by atoms with E-state index in [4.69, 9.17) is 18.8 Å². The van der Waals surface area contributed by atoms with Crippen molar-refractivity contribution >= 4 is 19.4 Å². The lowest BCUT2D eigenvalue weighted by molar-refractivity contribution is -0.140. The van der Waals surface area contributed by atoms with Gasteiger partial charge in [-0.25, -0.2) is 14.8 Å². The van der Waals surface area contributed by atoms with Gasteiger partial charge in [0.15, 0.2) is 0 Å². The zero-order chi connectivity index (χ0) is 23.7. The van der Waals surface area contributed by atoms with Crippen molar-refractivity contribution in [2.24, 2.45) is 0 Å². The SMILES string of the molecule is CCOP(=O)(OCC)C(Nc1ncc(-c2ccccc2)nc1Cc1ccccc1)C(=O)OC. The summed E-state index contributed by atoms with van der Waals surface area (Å²) >= 11 is 0. The van der Waals surface area contributed by atoms with Gasteiger partial charge in [0.25, 0.3) is 0 Å². The maximum atomic E-state index is 13.4. The van der Waals surface area contributed by atoms with Crippen LogP contribution in [0.4, 0.5) is 5.82 Å². The van der Waals surface area contributed by atoms with Gasteiger partial charge in [0.2, 0.25) is 5.78 Å². The van der Waals surface area contributed by atoms with Gasteiger partial charge in [0.05, 0.1) is 37.9 Å². The highest BCUT2D eigenvalue weighted by atomic mass is 31.2. The van der Waals surface area contributed by atoms with Gasteiger partial charge in [-0.15, -0.1) is 0 Å². The van der Waals surface area contributed by atoms with E-state index >= 15 is 0 Å². The van der Waals surface area contributed by atoms with Gasteiger partial charge in [-0.3, -0.25) is 4.57 Å². The number of hydrogen-bond donors (Lipinski definition) is 1. The van der Waals surface area contributed by atoms with Crippen LogP contribution in [0.5, 0.6) is 0 Å². The Morgan fingerprint density at radius 3 is 2.18 bits per heavy atom. The number of hydrogen-bond acceptors (Lipinski definition) is 8. The van der Waals surface area contributed by atoms with Crippen molar-refractivity contribution in [3.63, 3.8) is 0 Å². The molecule has 0 aliphatic rings. The molecule has 1 N–H and O–H groups in total. The normalized spacial score (nSPS) is 12.2. The van der Waals surface area contributed by atoms with Crippen LogP contribution in [0.15, 0.2) is 66.9 Å². The van der Waals surface area contributed by atoms with Crippen LogP contribution in [0.25, 0.3) is 11.3 Å². The van der Waals surface area contributed by atoms with Gasteiger partial charge in [-0.05, 0) is 19.4 Å². The number of methoxy groups -OCH3 is 1. The molecule has 1 heterocycles. The first-order valence-corrected chi connectivity index (χ1v) is 12.3. The second-order valence-electron chi connectivity index (χ2n) is 7.02. The maximum absolute atomic E-state index is 13.4. The molecule has 8 nitrogen and oxygen atoms in total. The number of nitrogens with zero attached hydrogens (tertiary/aromatic N) is 2. The zero-order valence-electron chi connectivity index (χ0n) is 18.9. The van der Waals surface area contributed by atoms with E-state index < -0.39 is 19.3 Å². The molecule has 1 atom stereocenters. The van der Waals surface area contributed by atoms with E-state index in [0.29, 0.717) is 23.6 Å². The summed E-state index contributed by atoms with van der Waals surface area (Å²) in [7, 11) is -2.68. The second kappa shape index (κ2) is 11.7. The number of rotatable bonds is 11. The van der Waals surface area contributed by atoms with Crippen molar-refractivity contribution in [3.05, 3.63) is 78.1 Å². The number of carbonyl (C=O) groups excluding carboxylic acids is 1. The van der Waals surface area contributed by atoms with Crippen molar-refractivity contribution < 1.29 is 23.1 Å². The maximum Gasteiger partial charge on any atom is 0.364 e. The molecule has 174 valence electrons. The summed E-state index contributed by atoms with van der Waals surface area (Å²) in [5.74, 6) is -1.87. The number of benzene rings is 2. The third kappa shape index (κ3) is 6.26. The first kappa shape index (κ1) is 24.6. The van der Waals surface area contributed by atoms with Crippen LogP contribution in [0.1, 0.15) is 25.1 Å². The molecule has 3 rings (SSSR count). The number of nitrogens with one attached hydrogen (secondary N) is 1. The number of anilines is 1. The van der Waals surface area contributed by atoms with E-state index in [1.807, 2.05) is 60.7 Å². The van der Waals surface area contributed by atoms with Crippen LogP contribution < -0.4 is 5.32 Å². The molecular weight excluding hydrogens is 441 g/mol. The quantitative estimate of drug-likeness (QED) is 0.312. The number of carbonyl (C=O) groups is 1. The third-order valence-corrected chi connectivity index (χ3v) is 6.97. The molecule has 0 spiro atoms. The molecule has 9 heteroatoms. The summed E-state index contributed by atoms with van der Waals surface area (Å²) in [4.78, 5) is 21.9. The van der Waals surface area contributed by atoms with E-state index in [0.717, 1.165) is 11.1 Å². The predicted molar refractivity (Wildman–Crippen MR) is 127 cm³/mol. The largest absolute Gasteiger partial charge is 0.467 e. The van der Waals surface area contributed by atoms with E-state index in [1.165, 1.54) is 7.11 Å². The molecular formula is C24H28N3O5P. The average Bonchev–Trinajstić information content (AvgIpc) is 2.84. The molecule has 1 aromatic heterocycles. The van der Waals surface area contributed by atoms with E-state index in [-0.39, 0.29) is 13.2 Å². The van der Waals surface area contributed by atoms with Crippen LogP contribution in [-0.4, -0.2) is 42.0 Å². The Morgan fingerprint density at radius 1 is 1.00 bits per heavy atom. The van der Waals surface area contributed by atoms with Gasteiger partial charge in [-0.2, -0.15) is 0 Å². The molecule has 1 unspecified atom stereocenters. The minimum Gasteiger partial charge on any atom is -0.467 e. The van der Waals surface area contributed by atoms with E-state index in [9.17, 15) is 9.36 Å². The Morgan fingerprint density at radius 2 is 1.61 bits per heavy atom. The molecule has 2 aromatic carbocycles. The number of aromatic nitrogens is 2. The molecule has 0 bridgehead atoms. The lowest BCUT2D eigenvalue weighted by atomic mass is 10.1. The van der Waals surface area contributed by atoms with Gasteiger partial charge in [0.1, 0.15) is 5.82 Å². The average molecular weight is 469 g/mol. The van der Waals surface area contributed by atoms with Crippen LogP contribution in [0, 0.1) is 0 Å². The first-order valence-electron chi connectivity index (χ1n) is 10.7. The van der Waals surface area contributed by atoms with Crippen LogP contribution >= 0.6 is 7.60 Å². The fraction of sp³-hybridized carbons (Fsp3) is 0.292. The molecule has 0 saturated carbocycles. The van der Waals surface area contributed by atoms with Crippen molar-refractivity contribution in [1.82, 2.24) is 9.97 Å².